The number of rotatable bonds is 1. The second-order valence-electron chi connectivity index (χ2n) is 5.05. The van der Waals surface area contributed by atoms with E-state index in [0.29, 0.717) is 6.42 Å². The molecule has 1 fully saturated rings. The van der Waals surface area contributed by atoms with Crippen LogP contribution in [0.4, 0.5) is 0 Å². The maximum atomic E-state index is 11.5. The van der Waals surface area contributed by atoms with Crippen LogP contribution in [-0.2, 0) is 4.79 Å². The lowest BCUT2D eigenvalue weighted by Crippen LogP contribution is -2.55. The summed E-state index contributed by atoms with van der Waals surface area (Å²) in [6.07, 6.45) is 0.593. The lowest BCUT2D eigenvalue weighted by molar-refractivity contribution is -0.151. The van der Waals surface area contributed by atoms with Gasteiger partial charge in [-0.05, 0) is 24.5 Å². The third-order valence-corrected chi connectivity index (χ3v) is 4.44. The van der Waals surface area contributed by atoms with Crippen LogP contribution >= 0.6 is 12.2 Å². The maximum Gasteiger partial charge on any atom is 0.311 e. The Morgan fingerprint density at radius 2 is 2.12 bits per heavy atom. The van der Waals surface area contributed by atoms with Gasteiger partial charge in [0.25, 0.3) is 0 Å². The number of piperidine rings is 1. The molecule has 2 heterocycles. The molecule has 2 bridgehead atoms. The second-order valence-corrected chi connectivity index (χ2v) is 5.49. The minimum Gasteiger partial charge on any atom is -0.481 e. The highest BCUT2D eigenvalue weighted by atomic mass is 32.1. The molecule has 0 saturated carbocycles. The van der Waals surface area contributed by atoms with Crippen LogP contribution in [0.5, 0.6) is 0 Å². The Kier molecular flexibility index (Phi) is 2.08. The highest BCUT2D eigenvalue weighted by molar-refractivity contribution is 7.80. The largest absolute Gasteiger partial charge is 0.481 e. The SMILES string of the molecule is C[C@]1(C(=O)O)C[C@@H]2C(=S)NC1c1ccccc12. The van der Waals surface area contributed by atoms with E-state index in [1.807, 2.05) is 18.2 Å². The second kappa shape index (κ2) is 3.29. The zero-order valence-electron chi connectivity index (χ0n) is 9.43. The Bertz CT molecular complexity index is 528. The number of thiocarbonyl (C=S) groups is 1. The molecule has 0 aromatic heterocycles. The number of carboxylic acid groups (broad SMARTS) is 1. The first-order valence-electron chi connectivity index (χ1n) is 5.66. The number of nitrogens with one attached hydrogen (secondary N) is 1. The Morgan fingerprint density at radius 3 is 2.76 bits per heavy atom. The maximum absolute atomic E-state index is 11.5. The Labute approximate surface area is 105 Å². The third kappa shape index (κ3) is 1.27. The fourth-order valence-corrected chi connectivity index (χ4v) is 3.34. The van der Waals surface area contributed by atoms with Crippen LogP contribution in [0.2, 0.25) is 0 Å². The highest BCUT2D eigenvalue weighted by Gasteiger charge is 2.53. The van der Waals surface area contributed by atoms with Crippen LogP contribution in [-0.4, -0.2) is 16.1 Å². The van der Waals surface area contributed by atoms with E-state index in [-0.39, 0.29) is 12.0 Å². The van der Waals surface area contributed by atoms with Crippen molar-refractivity contribution < 1.29 is 9.90 Å². The van der Waals surface area contributed by atoms with E-state index >= 15 is 0 Å². The summed E-state index contributed by atoms with van der Waals surface area (Å²) in [5, 5.41) is 12.6. The molecule has 17 heavy (non-hydrogen) atoms. The average molecular weight is 247 g/mol. The first-order chi connectivity index (χ1) is 8.04. The van der Waals surface area contributed by atoms with Crippen molar-refractivity contribution in [3.05, 3.63) is 35.4 Å². The fraction of sp³-hybridized carbons (Fsp3) is 0.385. The van der Waals surface area contributed by atoms with E-state index in [9.17, 15) is 9.90 Å². The Balaban J connectivity index is 2.20. The minimum atomic E-state index is -0.763. The summed E-state index contributed by atoms with van der Waals surface area (Å²) in [6.45, 7) is 1.80. The summed E-state index contributed by atoms with van der Waals surface area (Å²) in [4.78, 5) is 12.3. The standard InChI is InChI=1S/C13H13NO2S/c1-13(12(15)16)6-9-7-4-2-3-5-8(7)10(13)14-11(9)17/h2-5,9-10H,6H2,1H3,(H,14,17)(H,15,16)/t9-,10?,13-/m0/s1. The summed E-state index contributed by atoms with van der Waals surface area (Å²) in [5.41, 5.74) is 1.52. The molecule has 88 valence electrons. The number of aliphatic carboxylic acids is 1. The highest BCUT2D eigenvalue weighted by Crippen LogP contribution is 2.53. The van der Waals surface area contributed by atoms with Crippen molar-refractivity contribution >= 4 is 23.2 Å². The summed E-state index contributed by atoms with van der Waals surface area (Å²) < 4.78 is 0. The number of benzene rings is 1. The predicted octanol–water partition coefficient (Wildman–Crippen LogP) is 2.24. The average Bonchev–Trinajstić information content (AvgIpc) is 2.31. The van der Waals surface area contributed by atoms with Crippen molar-refractivity contribution in [2.24, 2.45) is 5.41 Å². The van der Waals surface area contributed by atoms with Crippen LogP contribution in [0.3, 0.4) is 0 Å². The molecule has 4 heteroatoms. The van der Waals surface area contributed by atoms with Gasteiger partial charge in [0.05, 0.1) is 16.4 Å². The zero-order chi connectivity index (χ0) is 12.2. The molecular formula is C13H13NO2S. The van der Waals surface area contributed by atoms with E-state index in [1.165, 1.54) is 5.56 Å². The van der Waals surface area contributed by atoms with Crippen LogP contribution in [0.25, 0.3) is 0 Å². The number of hydrogen-bond donors (Lipinski definition) is 2. The normalized spacial score (nSPS) is 34.1. The lowest BCUT2D eigenvalue weighted by Gasteiger charge is -2.49. The van der Waals surface area contributed by atoms with Crippen molar-refractivity contribution in [3.8, 4) is 0 Å². The third-order valence-electron chi connectivity index (χ3n) is 4.04. The van der Waals surface area contributed by atoms with Gasteiger partial charge in [0, 0.05) is 5.92 Å². The summed E-state index contributed by atoms with van der Waals surface area (Å²) in [5.74, 6) is -0.704. The van der Waals surface area contributed by atoms with Crippen molar-refractivity contribution in [2.75, 3.05) is 0 Å². The number of fused-ring (bicyclic) bond motifs is 2. The van der Waals surface area contributed by atoms with Crippen molar-refractivity contribution in [3.63, 3.8) is 0 Å². The number of carboxylic acids is 1. The van der Waals surface area contributed by atoms with Crippen LogP contribution in [0.1, 0.15) is 36.4 Å². The molecule has 4 rings (SSSR count). The molecule has 2 N–H and O–H groups in total. The Hall–Kier alpha value is -1.42. The number of carbonyl (C=O) groups is 1. The van der Waals surface area contributed by atoms with Crippen molar-refractivity contribution in [1.82, 2.24) is 5.32 Å². The summed E-state index contributed by atoms with van der Waals surface area (Å²) in [7, 11) is 0. The molecule has 1 saturated heterocycles. The van der Waals surface area contributed by atoms with E-state index in [0.717, 1.165) is 10.6 Å². The minimum absolute atomic E-state index is 0.0484. The molecule has 1 aromatic rings. The first-order valence-corrected chi connectivity index (χ1v) is 6.07. The van der Waals surface area contributed by atoms with Gasteiger partial charge in [-0.1, -0.05) is 36.5 Å². The Morgan fingerprint density at radius 1 is 1.47 bits per heavy atom. The van der Waals surface area contributed by atoms with Crippen LogP contribution in [0.15, 0.2) is 24.3 Å². The zero-order valence-corrected chi connectivity index (χ0v) is 10.3. The van der Waals surface area contributed by atoms with E-state index in [1.54, 1.807) is 6.92 Å². The molecule has 0 spiro atoms. The fourth-order valence-electron chi connectivity index (χ4n) is 3.01. The van der Waals surface area contributed by atoms with Crippen LogP contribution < -0.4 is 5.32 Å². The van der Waals surface area contributed by atoms with Crippen LogP contribution in [0, 0.1) is 5.41 Å². The number of hydrogen-bond acceptors (Lipinski definition) is 2. The first kappa shape index (κ1) is 10.7. The van der Waals surface area contributed by atoms with Crippen molar-refractivity contribution in [2.45, 2.75) is 25.3 Å². The molecule has 1 aliphatic carbocycles. The van der Waals surface area contributed by atoms with Gasteiger partial charge in [-0.2, -0.15) is 0 Å². The molecule has 3 atom stereocenters. The molecular weight excluding hydrogens is 234 g/mol. The van der Waals surface area contributed by atoms with Gasteiger partial charge in [-0.3, -0.25) is 4.79 Å². The topological polar surface area (TPSA) is 49.3 Å². The van der Waals surface area contributed by atoms with Gasteiger partial charge in [0.1, 0.15) is 0 Å². The van der Waals surface area contributed by atoms with E-state index in [4.69, 9.17) is 12.2 Å². The van der Waals surface area contributed by atoms with Gasteiger partial charge in [-0.25, -0.2) is 0 Å². The molecule has 0 amide bonds. The van der Waals surface area contributed by atoms with Gasteiger partial charge < -0.3 is 10.4 Å². The monoisotopic (exact) mass is 247 g/mol. The molecule has 3 nitrogen and oxygen atoms in total. The van der Waals surface area contributed by atoms with Gasteiger partial charge in [0.2, 0.25) is 0 Å². The molecule has 1 unspecified atom stereocenters. The molecule has 0 radical (unpaired) electrons. The summed E-state index contributed by atoms with van der Waals surface area (Å²) >= 11 is 5.32. The molecule has 2 aliphatic heterocycles. The molecule has 3 aliphatic rings. The lowest BCUT2D eigenvalue weighted by atomic mass is 9.62. The predicted molar refractivity (Wildman–Crippen MR) is 68.0 cm³/mol. The smallest absolute Gasteiger partial charge is 0.311 e. The molecule has 1 aromatic carbocycles. The van der Waals surface area contributed by atoms with Crippen molar-refractivity contribution in [1.29, 1.82) is 0 Å². The van der Waals surface area contributed by atoms with Gasteiger partial charge in [-0.15, -0.1) is 0 Å². The summed E-state index contributed by atoms with van der Waals surface area (Å²) in [6, 6.07) is 7.80. The van der Waals surface area contributed by atoms with Gasteiger partial charge in [0.15, 0.2) is 0 Å². The van der Waals surface area contributed by atoms with E-state index in [2.05, 4.69) is 11.4 Å². The van der Waals surface area contributed by atoms with E-state index < -0.39 is 11.4 Å². The quantitative estimate of drug-likeness (QED) is 0.747. The van der Waals surface area contributed by atoms with Gasteiger partial charge >= 0.3 is 5.97 Å².